The van der Waals surface area contributed by atoms with Crippen molar-refractivity contribution in [1.82, 2.24) is 16.0 Å². The first-order valence-corrected chi connectivity index (χ1v) is 11.5. The lowest BCUT2D eigenvalue weighted by Crippen LogP contribution is -2.59. The second-order valence-corrected chi connectivity index (χ2v) is 8.78. The van der Waals surface area contributed by atoms with Gasteiger partial charge in [-0.2, -0.15) is 24.4 Å². The maximum absolute atomic E-state index is 12.8. The summed E-state index contributed by atoms with van der Waals surface area (Å²) in [5.41, 5.74) is 5.86. The molecule has 0 saturated heterocycles. The molecule has 3 amide bonds. The molecule has 11 heteroatoms. The molecule has 0 aromatic rings. The summed E-state index contributed by atoms with van der Waals surface area (Å²) < 4.78 is 0. The minimum absolute atomic E-state index is 0.0840. The summed E-state index contributed by atoms with van der Waals surface area (Å²) in [4.78, 5) is 48.7. The van der Waals surface area contributed by atoms with E-state index in [0.29, 0.717) is 12.2 Å². The first-order chi connectivity index (χ1) is 13.5. The molecule has 4 atom stereocenters. The van der Waals surface area contributed by atoms with Crippen LogP contribution in [0.5, 0.6) is 0 Å². The molecule has 0 bridgehead atoms. The summed E-state index contributed by atoms with van der Waals surface area (Å²) in [5, 5.41) is 16.8. The molecule has 0 aliphatic rings. The number of hydrogen-bond acceptors (Lipinski definition) is 7. The summed E-state index contributed by atoms with van der Waals surface area (Å²) in [6.07, 6.45) is 2.24. The molecule has 0 aliphatic heterocycles. The van der Waals surface area contributed by atoms with Gasteiger partial charge in [-0.25, -0.2) is 4.79 Å². The van der Waals surface area contributed by atoms with E-state index in [9.17, 15) is 19.2 Å². The highest BCUT2D eigenvalue weighted by Gasteiger charge is 2.31. The number of amides is 3. The quantitative estimate of drug-likeness (QED) is 0.214. The van der Waals surface area contributed by atoms with Crippen LogP contribution in [0, 0.1) is 11.8 Å². The van der Waals surface area contributed by atoms with E-state index in [1.54, 1.807) is 27.7 Å². The Labute approximate surface area is 182 Å². The topological polar surface area (TPSA) is 151 Å². The van der Waals surface area contributed by atoms with Crippen molar-refractivity contribution in [2.75, 3.05) is 17.8 Å². The summed E-state index contributed by atoms with van der Waals surface area (Å²) >= 11 is 5.44. The Bertz CT molecular complexity index is 574. The molecule has 4 unspecified atom stereocenters. The zero-order valence-electron chi connectivity index (χ0n) is 17.6. The van der Waals surface area contributed by atoms with E-state index in [4.69, 9.17) is 10.8 Å². The Morgan fingerprint density at radius 1 is 0.931 bits per heavy atom. The van der Waals surface area contributed by atoms with Crippen LogP contribution < -0.4 is 21.7 Å². The van der Waals surface area contributed by atoms with Gasteiger partial charge in [0.1, 0.15) is 18.1 Å². The average molecular weight is 451 g/mol. The highest BCUT2D eigenvalue weighted by Crippen LogP contribution is 2.08. The molecule has 0 rings (SSSR count). The smallest absolute Gasteiger partial charge is 0.327 e. The van der Waals surface area contributed by atoms with Crippen LogP contribution in [-0.2, 0) is 19.2 Å². The van der Waals surface area contributed by atoms with Crippen molar-refractivity contribution in [2.45, 2.75) is 58.3 Å². The normalized spacial score (nSPS) is 15.3. The fraction of sp³-hybridized carbons (Fsp3) is 0.778. The molecule has 29 heavy (non-hydrogen) atoms. The molecule has 0 saturated carbocycles. The number of hydrogen-bond donors (Lipinski definition) is 6. The Morgan fingerprint density at radius 3 is 1.90 bits per heavy atom. The fourth-order valence-corrected chi connectivity index (χ4v) is 3.03. The number of rotatable bonds is 13. The summed E-state index contributed by atoms with van der Waals surface area (Å²) in [6.45, 7) is 7.07. The average Bonchev–Trinajstić information content (AvgIpc) is 2.65. The number of thiol groups is 1. The molecular formula is C18H34N4O5S2. The zero-order valence-corrected chi connectivity index (χ0v) is 19.3. The first kappa shape index (κ1) is 27.5. The van der Waals surface area contributed by atoms with Crippen LogP contribution in [0.1, 0.15) is 34.1 Å². The van der Waals surface area contributed by atoms with Crippen molar-refractivity contribution in [3.8, 4) is 0 Å². The van der Waals surface area contributed by atoms with E-state index in [0.717, 1.165) is 0 Å². The highest BCUT2D eigenvalue weighted by molar-refractivity contribution is 7.98. The predicted octanol–water partition coefficient (Wildman–Crippen LogP) is -0.152. The first-order valence-electron chi connectivity index (χ1n) is 9.45. The van der Waals surface area contributed by atoms with E-state index in [1.807, 2.05) is 6.26 Å². The number of carbonyl (C=O) groups is 4. The van der Waals surface area contributed by atoms with Crippen molar-refractivity contribution >= 4 is 48.1 Å². The Balaban J connectivity index is 5.30. The van der Waals surface area contributed by atoms with Gasteiger partial charge in [0.05, 0.1) is 6.04 Å². The van der Waals surface area contributed by atoms with Crippen molar-refractivity contribution < 1.29 is 24.3 Å². The number of carboxylic acids is 1. The van der Waals surface area contributed by atoms with Gasteiger partial charge in [0.2, 0.25) is 17.7 Å². The second kappa shape index (κ2) is 13.7. The lowest BCUT2D eigenvalue weighted by atomic mass is 10.0. The van der Waals surface area contributed by atoms with Gasteiger partial charge in [0, 0.05) is 5.75 Å². The molecule has 0 aromatic carbocycles. The maximum Gasteiger partial charge on any atom is 0.327 e. The number of nitrogens with two attached hydrogens (primary N) is 1. The molecule has 0 spiro atoms. The van der Waals surface area contributed by atoms with E-state index < -0.39 is 47.9 Å². The number of carbonyl (C=O) groups excluding carboxylic acids is 3. The molecule has 0 aromatic heterocycles. The van der Waals surface area contributed by atoms with Gasteiger partial charge in [0.15, 0.2) is 0 Å². The van der Waals surface area contributed by atoms with Crippen LogP contribution in [0.25, 0.3) is 0 Å². The number of carboxylic acid groups (broad SMARTS) is 1. The van der Waals surface area contributed by atoms with E-state index in [1.165, 1.54) is 11.8 Å². The van der Waals surface area contributed by atoms with Crippen molar-refractivity contribution in [2.24, 2.45) is 17.6 Å². The van der Waals surface area contributed by atoms with Crippen LogP contribution in [0.15, 0.2) is 0 Å². The zero-order chi connectivity index (χ0) is 22.7. The number of thioether (sulfide) groups is 1. The molecule has 0 radical (unpaired) electrons. The molecule has 6 N–H and O–H groups in total. The van der Waals surface area contributed by atoms with Crippen LogP contribution in [0.3, 0.4) is 0 Å². The van der Waals surface area contributed by atoms with Gasteiger partial charge in [-0.1, -0.05) is 27.7 Å². The predicted molar refractivity (Wildman–Crippen MR) is 118 cm³/mol. The van der Waals surface area contributed by atoms with Gasteiger partial charge in [0.25, 0.3) is 0 Å². The summed E-state index contributed by atoms with van der Waals surface area (Å²) in [5.74, 6) is -2.65. The standard InChI is InChI=1S/C18H34N4O5S2/c1-9(2)13(19)16(24)20-11(6-7-29-5)15(23)22-14(10(3)4)17(25)21-12(8-28)18(26)27/h9-14,28H,6-8,19H2,1-5H3,(H,20,24)(H,21,25)(H,22,23)(H,26,27). The van der Waals surface area contributed by atoms with Gasteiger partial charge in [-0.15, -0.1) is 0 Å². The minimum atomic E-state index is -1.21. The molecule has 0 fully saturated rings. The second-order valence-electron chi connectivity index (χ2n) is 7.42. The van der Waals surface area contributed by atoms with Crippen molar-refractivity contribution in [3.05, 3.63) is 0 Å². The third-order valence-corrected chi connectivity index (χ3v) is 5.32. The third kappa shape index (κ3) is 9.72. The monoisotopic (exact) mass is 450 g/mol. The van der Waals surface area contributed by atoms with Crippen LogP contribution in [-0.4, -0.2) is 70.7 Å². The number of nitrogens with one attached hydrogen (secondary N) is 3. The van der Waals surface area contributed by atoms with E-state index in [2.05, 4.69) is 28.6 Å². The molecule has 0 aliphatic carbocycles. The summed E-state index contributed by atoms with van der Waals surface area (Å²) in [7, 11) is 0. The fourth-order valence-electron chi connectivity index (χ4n) is 2.31. The molecule has 168 valence electrons. The minimum Gasteiger partial charge on any atom is -0.480 e. The third-order valence-electron chi connectivity index (χ3n) is 4.31. The van der Waals surface area contributed by atoms with Gasteiger partial charge in [-0.05, 0) is 30.3 Å². The molecule has 0 heterocycles. The van der Waals surface area contributed by atoms with Crippen LogP contribution in [0.4, 0.5) is 0 Å². The SMILES string of the molecule is CSCCC(NC(=O)C(N)C(C)C)C(=O)NC(C(=O)NC(CS)C(=O)O)C(C)C. The largest absolute Gasteiger partial charge is 0.480 e. The molecular weight excluding hydrogens is 416 g/mol. The Morgan fingerprint density at radius 2 is 1.48 bits per heavy atom. The van der Waals surface area contributed by atoms with Crippen LogP contribution in [0.2, 0.25) is 0 Å². The van der Waals surface area contributed by atoms with Gasteiger partial charge in [-0.3, -0.25) is 14.4 Å². The van der Waals surface area contributed by atoms with Gasteiger partial charge < -0.3 is 26.8 Å². The molecule has 9 nitrogen and oxygen atoms in total. The van der Waals surface area contributed by atoms with Crippen molar-refractivity contribution in [3.63, 3.8) is 0 Å². The number of aliphatic carboxylic acids is 1. The van der Waals surface area contributed by atoms with E-state index >= 15 is 0 Å². The Kier molecular flexibility index (Phi) is 13.0. The lowest BCUT2D eigenvalue weighted by Gasteiger charge is -2.27. The van der Waals surface area contributed by atoms with E-state index in [-0.39, 0.29) is 17.6 Å². The van der Waals surface area contributed by atoms with Crippen LogP contribution >= 0.6 is 24.4 Å². The highest BCUT2D eigenvalue weighted by atomic mass is 32.2. The van der Waals surface area contributed by atoms with Crippen molar-refractivity contribution in [1.29, 1.82) is 0 Å². The Hall–Kier alpha value is -1.46. The van der Waals surface area contributed by atoms with Gasteiger partial charge >= 0.3 is 5.97 Å². The lowest BCUT2D eigenvalue weighted by molar-refractivity contribution is -0.142. The summed E-state index contributed by atoms with van der Waals surface area (Å²) in [6, 6.07) is -3.74. The maximum atomic E-state index is 12.8.